The summed E-state index contributed by atoms with van der Waals surface area (Å²) < 4.78 is 19.3. The van der Waals surface area contributed by atoms with Crippen LogP contribution in [0.3, 0.4) is 0 Å². The third-order valence-corrected chi connectivity index (χ3v) is 3.84. The topological polar surface area (TPSA) is 62.0 Å². The lowest BCUT2D eigenvalue weighted by atomic mass is 10.2. The van der Waals surface area contributed by atoms with Gasteiger partial charge >= 0.3 is 0 Å². The van der Waals surface area contributed by atoms with E-state index in [1.165, 1.54) is 7.11 Å². The van der Waals surface area contributed by atoms with E-state index >= 15 is 0 Å². The Hall–Kier alpha value is -1.37. The molecule has 0 bridgehead atoms. The third-order valence-electron chi connectivity index (χ3n) is 3.84. The van der Waals surface area contributed by atoms with Crippen LogP contribution in [-0.4, -0.2) is 62.5 Å². The van der Waals surface area contributed by atoms with Crippen LogP contribution in [0.4, 0.5) is 10.1 Å². The van der Waals surface area contributed by atoms with Crippen LogP contribution in [0.25, 0.3) is 0 Å². The number of hydrogen-bond donors (Lipinski definition) is 2. The van der Waals surface area contributed by atoms with Gasteiger partial charge in [-0.1, -0.05) is 6.07 Å². The minimum Gasteiger partial charge on any atom is -0.494 e. The van der Waals surface area contributed by atoms with Crippen LogP contribution in [0.15, 0.2) is 18.2 Å². The van der Waals surface area contributed by atoms with Gasteiger partial charge in [0.25, 0.3) is 0 Å². The molecule has 1 atom stereocenters. The van der Waals surface area contributed by atoms with E-state index in [-0.39, 0.29) is 17.7 Å². The molecule has 1 aliphatic heterocycles. The molecule has 1 aromatic carbocycles. The molecular weight excluding hydrogens is 273 g/mol. The highest BCUT2D eigenvalue weighted by Gasteiger charge is 2.22. The normalized spacial score (nSPS) is 17.8. The molecule has 1 aromatic rings. The lowest BCUT2D eigenvalue weighted by Gasteiger charge is -2.37. The summed E-state index contributed by atoms with van der Waals surface area (Å²) in [4.78, 5) is 4.21. The van der Waals surface area contributed by atoms with Crippen LogP contribution in [0.1, 0.15) is 6.42 Å². The smallest absolute Gasteiger partial charge is 0.188 e. The first-order valence-electron chi connectivity index (χ1n) is 7.33. The number of hydrogen-bond acceptors (Lipinski definition) is 5. The molecule has 0 aromatic heterocycles. The first-order chi connectivity index (χ1) is 10.2. The molecule has 1 unspecified atom stereocenters. The Labute approximate surface area is 125 Å². The Balaban J connectivity index is 1.92. The monoisotopic (exact) mass is 297 g/mol. The molecule has 0 aliphatic carbocycles. The highest BCUT2D eigenvalue weighted by atomic mass is 19.1. The molecule has 0 saturated carbocycles. The van der Waals surface area contributed by atoms with E-state index in [2.05, 4.69) is 4.90 Å². The van der Waals surface area contributed by atoms with Crippen molar-refractivity contribution < 1.29 is 14.2 Å². The second-order valence-corrected chi connectivity index (χ2v) is 5.31. The summed E-state index contributed by atoms with van der Waals surface area (Å²) in [7, 11) is 1.47. The van der Waals surface area contributed by atoms with E-state index in [1.54, 1.807) is 18.2 Å². The number of nitrogens with zero attached hydrogens (tertiary/aromatic N) is 2. The summed E-state index contributed by atoms with van der Waals surface area (Å²) in [6.45, 7) is 4.21. The lowest BCUT2D eigenvalue weighted by Crippen LogP contribution is -2.49. The first-order valence-corrected chi connectivity index (χ1v) is 7.33. The fraction of sp³-hybridized carbons (Fsp3) is 0.600. The minimum atomic E-state index is -0.380. The van der Waals surface area contributed by atoms with Crippen molar-refractivity contribution in [2.45, 2.75) is 12.5 Å². The summed E-state index contributed by atoms with van der Waals surface area (Å²) >= 11 is 0. The van der Waals surface area contributed by atoms with Crippen LogP contribution in [0.2, 0.25) is 0 Å². The molecule has 1 heterocycles. The number of aliphatic hydroxyl groups excluding tert-OH is 1. The van der Waals surface area contributed by atoms with Gasteiger partial charge in [0.05, 0.1) is 18.9 Å². The Kier molecular flexibility index (Phi) is 5.78. The molecule has 0 amide bonds. The summed E-state index contributed by atoms with van der Waals surface area (Å²) in [5, 5.41) is 9.78. The largest absolute Gasteiger partial charge is 0.494 e. The summed E-state index contributed by atoms with van der Waals surface area (Å²) in [5.41, 5.74) is 6.02. The summed E-state index contributed by atoms with van der Waals surface area (Å²) in [5.74, 6) is -0.0371. The number of ether oxygens (including phenoxy) is 1. The quantitative estimate of drug-likeness (QED) is 0.808. The fourth-order valence-corrected chi connectivity index (χ4v) is 2.65. The van der Waals surface area contributed by atoms with Crippen LogP contribution >= 0.6 is 0 Å². The van der Waals surface area contributed by atoms with Gasteiger partial charge in [0.15, 0.2) is 11.6 Å². The highest BCUT2D eigenvalue weighted by Crippen LogP contribution is 2.27. The molecule has 0 spiro atoms. The lowest BCUT2D eigenvalue weighted by molar-refractivity contribution is 0.104. The number of halogens is 1. The molecule has 1 aliphatic rings. The van der Waals surface area contributed by atoms with Crippen molar-refractivity contribution in [1.82, 2.24) is 4.90 Å². The number of anilines is 1. The number of rotatable bonds is 6. The fourth-order valence-electron chi connectivity index (χ4n) is 2.65. The SMILES string of the molecule is COc1cccc(N2CCN(CC(O)CCN)CC2)c1F. The molecule has 5 nitrogen and oxygen atoms in total. The Morgan fingerprint density at radius 2 is 2.05 bits per heavy atom. The number of nitrogens with two attached hydrogens (primary N) is 1. The molecule has 0 radical (unpaired) electrons. The number of benzene rings is 1. The molecule has 3 N–H and O–H groups in total. The van der Waals surface area contributed by atoms with Gasteiger partial charge in [0.1, 0.15) is 0 Å². The zero-order valence-corrected chi connectivity index (χ0v) is 12.5. The van der Waals surface area contributed by atoms with Gasteiger partial charge in [0, 0.05) is 32.7 Å². The van der Waals surface area contributed by atoms with Crippen molar-refractivity contribution in [3.05, 3.63) is 24.0 Å². The average molecular weight is 297 g/mol. The number of methoxy groups -OCH3 is 1. The van der Waals surface area contributed by atoms with Gasteiger partial charge < -0.3 is 20.5 Å². The maximum Gasteiger partial charge on any atom is 0.188 e. The first kappa shape index (κ1) is 16.0. The predicted octanol–water partition coefficient (Wildman–Crippen LogP) is 0.666. The van der Waals surface area contributed by atoms with Gasteiger partial charge in [-0.2, -0.15) is 0 Å². The maximum absolute atomic E-state index is 14.2. The van der Waals surface area contributed by atoms with Gasteiger partial charge in [-0.3, -0.25) is 4.90 Å². The van der Waals surface area contributed by atoms with Gasteiger partial charge in [-0.15, -0.1) is 0 Å². The molecule has 2 rings (SSSR count). The zero-order chi connectivity index (χ0) is 15.2. The molecular formula is C15H24FN3O2. The maximum atomic E-state index is 14.2. The van der Waals surface area contributed by atoms with E-state index in [0.29, 0.717) is 25.2 Å². The van der Waals surface area contributed by atoms with Crippen LogP contribution < -0.4 is 15.4 Å². The standard InChI is InChI=1S/C15H24FN3O2/c1-21-14-4-2-3-13(15(14)16)19-9-7-18(8-10-19)11-12(20)5-6-17/h2-4,12,20H,5-11,17H2,1H3. The van der Waals surface area contributed by atoms with E-state index in [0.717, 1.165) is 26.2 Å². The van der Waals surface area contributed by atoms with Crippen molar-refractivity contribution in [1.29, 1.82) is 0 Å². The number of β-amino-alcohol motifs (C(OH)–C–C–N with tert-alkyl or cyclic N) is 1. The van der Waals surface area contributed by atoms with Crippen molar-refractivity contribution in [3.8, 4) is 5.75 Å². The second kappa shape index (κ2) is 7.59. The molecule has 1 saturated heterocycles. The predicted molar refractivity (Wildman–Crippen MR) is 81.3 cm³/mol. The summed E-state index contributed by atoms with van der Waals surface area (Å²) in [6.07, 6.45) is 0.236. The van der Waals surface area contributed by atoms with Gasteiger partial charge in [0.2, 0.25) is 0 Å². The van der Waals surface area contributed by atoms with Crippen molar-refractivity contribution >= 4 is 5.69 Å². The van der Waals surface area contributed by atoms with Crippen molar-refractivity contribution in [2.75, 3.05) is 51.3 Å². The average Bonchev–Trinajstić information content (AvgIpc) is 2.49. The molecule has 21 heavy (non-hydrogen) atoms. The minimum absolute atomic E-state index is 0.272. The second-order valence-electron chi connectivity index (χ2n) is 5.31. The van der Waals surface area contributed by atoms with E-state index in [1.807, 2.05) is 4.90 Å². The van der Waals surface area contributed by atoms with Gasteiger partial charge in [-0.05, 0) is 25.1 Å². The molecule has 6 heteroatoms. The number of piperazine rings is 1. The van der Waals surface area contributed by atoms with E-state index in [9.17, 15) is 9.50 Å². The highest BCUT2D eigenvalue weighted by molar-refractivity contribution is 5.53. The van der Waals surface area contributed by atoms with Crippen molar-refractivity contribution in [3.63, 3.8) is 0 Å². The van der Waals surface area contributed by atoms with Crippen LogP contribution in [0.5, 0.6) is 5.75 Å². The molecule has 118 valence electrons. The van der Waals surface area contributed by atoms with Crippen molar-refractivity contribution in [2.24, 2.45) is 5.73 Å². The molecule has 1 fully saturated rings. The van der Waals surface area contributed by atoms with E-state index in [4.69, 9.17) is 10.5 Å². The van der Waals surface area contributed by atoms with Gasteiger partial charge in [-0.25, -0.2) is 4.39 Å². The zero-order valence-electron chi connectivity index (χ0n) is 12.5. The third kappa shape index (κ3) is 4.06. The Bertz CT molecular complexity index is 451. The van der Waals surface area contributed by atoms with E-state index < -0.39 is 0 Å². The number of aliphatic hydroxyl groups is 1. The summed E-state index contributed by atoms with van der Waals surface area (Å²) in [6, 6.07) is 5.20. The van der Waals surface area contributed by atoms with Crippen LogP contribution in [0, 0.1) is 5.82 Å². The van der Waals surface area contributed by atoms with Crippen LogP contribution in [-0.2, 0) is 0 Å². The Morgan fingerprint density at radius 3 is 2.67 bits per heavy atom. The Morgan fingerprint density at radius 1 is 1.33 bits per heavy atom.